The van der Waals surface area contributed by atoms with Gasteiger partial charge >= 0.3 is 11.9 Å². The lowest BCUT2D eigenvalue weighted by Gasteiger charge is -2.23. The number of aliphatic hydroxyl groups excluding tert-OH is 1. The number of anilines is 1. The molecule has 0 spiro atoms. The van der Waals surface area contributed by atoms with Crippen molar-refractivity contribution in [3.8, 4) is 5.75 Å². The summed E-state index contributed by atoms with van der Waals surface area (Å²) >= 11 is 7.01. The van der Waals surface area contributed by atoms with Crippen molar-refractivity contribution in [3.63, 3.8) is 0 Å². The predicted octanol–water partition coefficient (Wildman–Crippen LogP) is 5.39. The number of benzene rings is 2. The van der Waals surface area contributed by atoms with E-state index in [1.807, 2.05) is 0 Å². The maximum atomic E-state index is 13.4. The molecule has 1 N–H and O–H groups in total. The molecule has 0 saturated carbocycles. The number of aliphatic hydroxyl groups is 1. The van der Waals surface area contributed by atoms with Crippen LogP contribution in [0.3, 0.4) is 0 Å². The molecule has 0 bridgehead atoms. The fourth-order valence-corrected chi connectivity index (χ4v) is 5.15. The SMILES string of the molecule is C=CCOC(=O)c1sc(N2C(=O)C(=O)/C(=C(/O)c3ccc(OC)cc3C)[C@H]2c2ccc(Cl)cc2)nc1C. The standard InChI is InChI=1S/C27H23ClN2O6S/c1-5-12-36-26(34)24-15(3)29-27(37-24)30-21(16-6-8-17(28)9-7-16)20(23(32)25(30)33)22(31)19-11-10-18(35-4)13-14(19)2/h5-11,13,21,31H,1,12H2,2-4H3/b22-20+/t21-/m1/s1. The number of hydrogen-bond acceptors (Lipinski definition) is 8. The van der Waals surface area contributed by atoms with Crippen LogP contribution in [0.15, 0.2) is 60.7 Å². The van der Waals surface area contributed by atoms with Gasteiger partial charge in [0.1, 0.15) is 23.0 Å². The third-order valence-electron chi connectivity index (χ3n) is 5.83. The predicted molar refractivity (Wildman–Crippen MR) is 141 cm³/mol. The van der Waals surface area contributed by atoms with Gasteiger partial charge in [0.25, 0.3) is 5.78 Å². The zero-order valence-electron chi connectivity index (χ0n) is 20.3. The van der Waals surface area contributed by atoms with Crippen LogP contribution in [-0.4, -0.2) is 41.5 Å². The Hall–Kier alpha value is -3.95. The maximum absolute atomic E-state index is 13.4. The number of hydrogen-bond donors (Lipinski definition) is 1. The highest BCUT2D eigenvalue weighted by molar-refractivity contribution is 7.17. The van der Waals surface area contributed by atoms with Gasteiger partial charge < -0.3 is 14.6 Å². The molecule has 1 fully saturated rings. The summed E-state index contributed by atoms with van der Waals surface area (Å²) in [6.45, 7) is 6.91. The monoisotopic (exact) mass is 538 g/mol. The quantitative estimate of drug-likeness (QED) is 0.141. The Morgan fingerprint density at radius 1 is 1.22 bits per heavy atom. The summed E-state index contributed by atoms with van der Waals surface area (Å²) < 4.78 is 10.4. The number of ketones is 1. The molecule has 1 aromatic heterocycles. The average molecular weight is 539 g/mol. The van der Waals surface area contributed by atoms with Crippen molar-refractivity contribution in [2.24, 2.45) is 0 Å². The topological polar surface area (TPSA) is 106 Å². The largest absolute Gasteiger partial charge is 0.507 e. The van der Waals surface area contributed by atoms with Crippen LogP contribution < -0.4 is 9.64 Å². The van der Waals surface area contributed by atoms with E-state index >= 15 is 0 Å². The molecular weight excluding hydrogens is 516 g/mol. The highest BCUT2D eigenvalue weighted by Gasteiger charge is 2.48. The van der Waals surface area contributed by atoms with E-state index in [1.165, 1.54) is 18.1 Å². The van der Waals surface area contributed by atoms with Crippen LogP contribution in [-0.2, 0) is 14.3 Å². The van der Waals surface area contributed by atoms with Crippen LogP contribution in [0.25, 0.3) is 5.76 Å². The number of aromatic nitrogens is 1. The number of nitrogens with zero attached hydrogens (tertiary/aromatic N) is 2. The summed E-state index contributed by atoms with van der Waals surface area (Å²) in [4.78, 5) is 45.0. The highest BCUT2D eigenvalue weighted by atomic mass is 35.5. The lowest BCUT2D eigenvalue weighted by Crippen LogP contribution is -2.29. The number of thiazole rings is 1. The van der Waals surface area contributed by atoms with Gasteiger partial charge in [0.2, 0.25) is 0 Å². The van der Waals surface area contributed by atoms with Gasteiger partial charge in [-0.3, -0.25) is 14.5 Å². The fourth-order valence-electron chi connectivity index (χ4n) is 4.04. The van der Waals surface area contributed by atoms with Gasteiger partial charge in [-0.05, 0) is 55.3 Å². The molecule has 1 amide bonds. The Balaban J connectivity index is 1.89. The second kappa shape index (κ2) is 10.6. The molecule has 2 aromatic carbocycles. The molecule has 1 atom stereocenters. The molecule has 0 radical (unpaired) electrons. The lowest BCUT2D eigenvalue weighted by atomic mass is 9.94. The van der Waals surface area contributed by atoms with E-state index in [0.717, 1.165) is 11.3 Å². The summed E-state index contributed by atoms with van der Waals surface area (Å²) in [5.74, 6) is -2.13. The van der Waals surface area contributed by atoms with Crippen LogP contribution in [0.1, 0.15) is 38.1 Å². The van der Waals surface area contributed by atoms with Crippen LogP contribution in [0.2, 0.25) is 5.02 Å². The molecule has 0 unspecified atom stereocenters. The number of Topliss-reactive ketones (excluding diaryl/α,β-unsaturated/α-hetero) is 1. The van der Waals surface area contributed by atoms with Crippen LogP contribution in [0.4, 0.5) is 5.13 Å². The van der Waals surface area contributed by atoms with Crippen LogP contribution in [0.5, 0.6) is 5.75 Å². The normalized spacial score (nSPS) is 16.6. The van der Waals surface area contributed by atoms with Crippen LogP contribution >= 0.6 is 22.9 Å². The van der Waals surface area contributed by atoms with Gasteiger partial charge in [0.05, 0.1) is 24.4 Å². The van der Waals surface area contributed by atoms with Crippen molar-refractivity contribution in [1.29, 1.82) is 0 Å². The van der Waals surface area contributed by atoms with Crippen LogP contribution in [0, 0.1) is 13.8 Å². The molecule has 8 nitrogen and oxygen atoms in total. The number of halogens is 1. The Morgan fingerprint density at radius 3 is 2.54 bits per heavy atom. The van der Waals surface area contributed by atoms with E-state index < -0.39 is 23.7 Å². The zero-order chi connectivity index (χ0) is 26.9. The first-order chi connectivity index (χ1) is 17.7. The average Bonchev–Trinajstić information content (AvgIpc) is 3.39. The molecule has 1 saturated heterocycles. The van der Waals surface area contributed by atoms with E-state index in [-0.39, 0.29) is 27.9 Å². The summed E-state index contributed by atoms with van der Waals surface area (Å²) in [6, 6.07) is 10.6. The van der Waals surface area contributed by atoms with Gasteiger partial charge in [-0.1, -0.05) is 47.7 Å². The van der Waals surface area contributed by atoms with Gasteiger partial charge in [-0.2, -0.15) is 0 Å². The molecule has 190 valence electrons. The van der Waals surface area contributed by atoms with E-state index in [0.29, 0.717) is 33.2 Å². The molecule has 4 rings (SSSR count). The summed E-state index contributed by atoms with van der Waals surface area (Å²) in [5.41, 5.74) is 1.79. The minimum Gasteiger partial charge on any atom is -0.507 e. The molecule has 1 aliphatic heterocycles. The summed E-state index contributed by atoms with van der Waals surface area (Å²) in [6.07, 6.45) is 1.44. The van der Waals surface area contributed by atoms with E-state index in [1.54, 1.807) is 56.3 Å². The van der Waals surface area contributed by atoms with E-state index in [9.17, 15) is 19.5 Å². The van der Waals surface area contributed by atoms with Crippen molar-refractivity contribution in [3.05, 3.63) is 93.0 Å². The minimum atomic E-state index is -1.01. The third kappa shape index (κ3) is 4.87. The number of rotatable bonds is 7. The second-order valence-electron chi connectivity index (χ2n) is 8.20. The van der Waals surface area contributed by atoms with Crippen molar-refractivity contribution in [1.82, 2.24) is 4.98 Å². The number of methoxy groups -OCH3 is 1. The first kappa shape index (κ1) is 26.1. The number of aryl methyl sites for hydroxylation is 2. The Kier molecular flexibility index (Phi) is 7.47. The van der Waals surface area contributed by atoms with E-state index in [4.69, 9.17) is 21.1 Å². The molecule has 1 aliphatic rings. The molecule has 0 aliphatic carbocycles. The van der Waals surface area contributed by atoms with Crippen molar-refractivity contribution >= 4 is 51.5 Å². The molecule has 37 heavy (non-hydrogen) atoms. The van der Waals surface area contributed by atoms with Crippen molar-refractivity contribution in [2.75, 3.05) is 18.6 Å². The molecule has 2 heterocycles. The zero-order valence-corrected chi connectivity index (χ0v) is 21.9. The van der Waals surface area contributed by atoms with E-state index in [2.05, 4.69) is 11.6 Å². The Labute approximate surface area is 222 Å². The smallest absolute Gasteiger partial charge is 0.350 e. The van der Waals surface area contributed by atoms with Gasteiger partial charge in [0, 0.05) is 10.6 Å². The fraction of sp³-hybridized carbons (Fsp3) is 0.185. The Bertz CT molecular complexity index is 1440. The Morgan fingerprint density at radius 2 is 1.92 bits per heavy atom. The molecule has 10 heteroatoms. The number of esters is 1. The number of carbonyl (C=O) groups excluding carboxylic acids is 3. The van der Waals surface area contributed by atoms with Gasteiger partial charge in [-0.15, -0.1) is 0 Å². The summed E-state index contributed by atoms with van der Waals surface area (Å²) in [5, 5.41) is 11.9. The second-order valence-corrected chi connectivity index (χ2v) is 9.61. The minimum absolute atomic E-state index is 0.0159. The number of carbonyl (C=O) groups is 3. The molecule has 3 aromatic rings. The first-order valence-corrected chi connectivity index (χ1v) is 12.3. The molecular formula is C27H23ClN2O6S. The number of amides is 1. The lowest BCUT2D eigenvalue weighted by molar-refractivity contribution is -0.132. The maximum Gasteiger partial charge on any atom is 0.350 e. The van der Waals surface area contributed by atoms with Crippen molar-refractivity contribution in [2.45, 2.75) is 19.9 Å². The van der Waals surface area contributed by atoms with Gasteiger partial charge in [-0.25, -0.2) is 9.78 Å². The highest BCUT2D eigenvalue weighted by Crippen LogP contribution is 2.44. The van der Waals surface area contributed by atoms with Crippen molar-refractivity contribution < 1.29 is 29.0 Å². The third-order valence-corrected chi connectivity index (χ3v) is 7.22. The first-order valence-electron chi connectivity index (χ1n) is 11.1. The summed E-state index contributed by atoms with van der Waals surface area (Å²) in [7, 11) is 1.53. The number of ether oxygens (including phenoxy) is 2. The van der Waals surface area contributed by atoms with Gasteiger partial charge in [0.15, 0.2) is 5.13 Å².